The third kappa shape index (κ3) is 5.69. The van der Waals surface area contributed by atoms with E-state index < -0.39 is 6.10 Å². The average Bonchev–Trinajstić information content (AvgIpc) is 2.98. The molecule has 1 aliphatic heterocycles. The van der Waals surface area contributed by atoms with Gasteiger partial charge in [-0.2, -0.15) is 0 Å². The molecule has 1 saturated heterocycles. The molecule has 6 nitrogen and oxygen atoms in total. The molecule has 2 heterocycles. The number of carbonyl (C=O) groups excluding carboxylic acids is 2. The van der Waals surface area contributed by atoms with E-state index in [-0.39, 0.29) is 35.4 Å². The van der Waals surface area contributed by atoms with Crippen LogP contribution in [0, 0.1) is 0 Å². The van der Waals surface area contributed by atoms with E-state index in [0.717, 1.165) is 29.3 Å². The minimum absolute atomic E-state index is 0. The minimum Gasteiger partial charge on any atom is -0.490 e. The van der Waals surface area contributed by atoms with Gasteiger partial charge in [-0.3, -0.25) is 19.9 Å². The first-order chi connectivity index (χ1) is 12.5. The lowest BCUT2D eigenvalue weighted by Gasteiger charge is -2.13. The summed E-state index contributed by atoms with van der Waals surface area (Å²) in [6.45, 7) is 2.16. The van der Waals surface area contributed by atoms with Crippen LogP contribution in [0.1, 0.15) is 29.8 Å². The van der Waals surface area contributed by atoms with Crippen LogP contribution >= 0.6 is 24.2 Å². The summed E-state index contributed by atoms with van der Waals surface area (Å²) >= 11 is 1.02. The zero-order valence-corrected chi connectivity index (χ0v) is 16.4. The second kappa shape index (κ2) is 9.73. The summed E-state index contributed by atoms with van der Waals surface area (Å²) in [5.74, 6) is 0.377. The maximum atomic E-state index is 11.6. The van der Waals surface area contributed by atoms with Crippen molar-refractivity contribution in [3.63, 3.8) is 0 Å². The Morgan fingerprint density at radius 3 is 2.44 bits per heavy atom. The van der Waals surface area contributed by atoms with Crippen LogP contribution in [0.4, 0.5) is 4.79 Å². The molecule has 0 aliphatic carbocycles. The normalized spacial score (nSPS) is 17.2. The Morgan fingerprint density at radius 1 is 1.19 bits per heavy atom. The van der Waals surface area contributed by atoms with Gasteiger partial charge in [-0.05, 0) is 42.2 Å². The van der Waals surface area contributed by atoms with Gasteiger partial charge in [-0.25, -0.2) is 0 Å². The number of aromatic nitrogens is 1. The van der Waals surface area contributed by atoms with Gasteiger partial charge in [0.05, 0.1) is 10.9 Å². The van der Waals surface area contributed by atoms with Gasteiger partial charge in [0.2, 0.25) is 5.91 Å². The zero-order valence-electron chi connectivity index (χ0n) is 14.8. The molecule has 1 aromatic heterocycles. The Labute approximate surface area is 168 Å². The van der Waals surface area contributed by atoms with Gasteiger partial charge in [0.1, 0.15) is 18.5 Å². The molecule has 27 heavy (non-hydrogen) atoms. The molecule has 144 valence electrons. The van der Waals surface area contributed by atoms with Crippen molar-refractivity contribution in [1.82, 2.24) is 10.3 Å². The number of amides is 2. The Balaban J connectivity index is 0.00000261. The highest BCUT2D eigenvalue weighted by molar-refractivity contribution is 8.15. The Morgan fingerprint density at radius 2 is 1.89 bits per heavy atom. The van der Waals surface area contributed by atoms with Crippen LogP contribution in [-0.4, -0.2) is 33.1 Å². The summed E-state index contributed by atoms with van der Waals surface area (Å²) < 4.78 is 5.61. The number of hydrogen-bond donors (Lipinski definition) is 2. The van der Waals surface area contributed by atoms with Crippen molar-refractivity contribution in [1.29, 1.82) is 0 Å². The van der Waals surface area contributed by atoms with Gasteiger partial charge in [-0.15, -0.1) is 12.4 Å². The fourth-order valence-electron chi connectivity index (χ4n) is 2.57. The van der Waals surface area contributed by atoms with Crippen LogP contribution in [0.3, 0.4) is 0 Å². The lowest BCUT2D eigenvalue weighted by molar-refractivity contribution is -0.118. The maximum Gasteiger partial charge on any atom is 0.286 e. The van der Waals surface area contributed by atoms with Gasteiger partial charge >= 0.3 is 0 Å². The fraction of sp³-hybridized carbons (Fsp3) is 0.316. The number of aliphatic hydroxyl groups is 1. The van der Waals surface area contributed by atoms with Crippen molar-refractivity contribution in [2.45, 2.75) is 31.1 Å². The largest absolute Gasteiger partial charge is 0.490 e. The van der Waals surface area contributed by atoms with Gasteiger partial charge in [-0.1, -0.05) is 36.9 Å². The molecule has 1 aromatic carbocycles. The van der Waals surface area contributed by atoms with Gasteiger partial charge in [0.25, 0.3) is 5.24 Å². The molecule has 0 saturated carbocycles. The quantitative estimate of drug-likeness (QED) is 0.731. The third-order valence-electron chi connectivity index (χ3n) is 4.12. The highest BCUT2D eigenvalue weighted by Crippen LogP contribution is 2.24. The van der Waals surface area contributed by atoms with E-state index in [4.69, 9.17) is 4.74 Å². The van der Waals surface area contributed by atoms with Crippen LogP contribution in [0.2, 0.25) is 0 Å². The first kappa shape index (κ1) is 21.2. The molecule has 2 amide bonds. The molecule has 0 radical (unpaired) electrons. The topological polar surface area (TPSA) is 88.5 Å². The van der Waals surface area contributed by atoms with Crippen molar-refractivity contribution < 1.29 is 19.4 Å². The summed E-state index contributed by atoms with van der Waals surface area (Å²) in [5.41, 5.74) is 2.64. The molecular weight excluding hydrogens is 388 g/mol. The Bertz CT molecular complexity index is 783. The monoisotopic (exact) mass is 408 g/mol. The number of carbonyl (C=O) groups is 2. The van der Waals surface area contributed by atoms with E-state index in [1.54, 1.807) is 18.3 Å². The number of aliphatic hydroxyl groups excluding tert-OH is 1. The van der Waals surface area contributed by atoms with Crippen LogP contribution in [-0.2, 0) is 17.6 Å². The molecule has 2 atom stereocenters. The molecule has 8 heteroatoms. The van der Waals surface area contributed by atoms with Crippen molar-refractivity contribution >= 4 is 35.3 Å². The van der Waals surface area contributed by atoms with Crippen LogP contribution < -0.4 is 10.1 Å². The van der Waals surface area contributed by atoms with Crippen molar-refractivity contribution in [2.24, 2.45) is 0 Å². The zero-order chi connectivity index (χ0) is 18.5. The van der Waals surface area contributed by atoms with Crippen molar-refractivity contribution in [3.8, 4) is 5.75 Å². The number of pyridine rings is 1. The van der Waals surface area contributed by atoms with Gasteiger partial charge in [0.15, 0.2) is 0 Å². The first-order valence-corrected chi connectivity index (χ1v) is 9.29. The average molecular weight is 409 g/mol. The van der Waals surface area contributed by atoms with E-state index in [1.165, 1.54) is 0 Å². The first-order valence-electron chi connectivity index (χ1n) is 8.41. The summed E-state index contributed by atoms with van der Waals surface area (Å²) in [6.07, 6.45) is 2.35. The molecule has 2 N–H and O–H groups in total. The SMILES string of the molecule is CCc1ccc(C(O)COc2ccc(CC3SC(=O)NC3=O)cc2)nc1.Cl. The molecule has 1 aliphatic rings. The predicted molar refractivity (Wildman–Crippen MR) is 106 cm³/mol. The van der Waals surface area contributed by atoms with Crippen molar-refractivity contribution in [2.75, 3.05) is 6.61 Å². The number of nitrogens with zero attached hydrogens (tertiary/aromatic N) is 1. The predicted octanol–water partition coefficient (Wildman–Crippen LogP) is 3.07. The standard InChI is InChI=1S/C19H20N2O4S.ClH/c1-2-12-5-8-15(20-10-12)16(22)11-25-14-6-3-13(4-7-14)9-17-18(23)21-19(24)26-17;/h3-8,10,16-17,22H,2,9,11H2,1H3,(H,21,23,24);1H. The third-order valence-corrected chi connectivity index (χ3v) is 5.10. The highest BCUT2D eigenvalue weighted by Gasteiger charge is 2.31. The summed E-state index contributed by atoms with van der Waals surface area (Å²) in [5, 5.41) is 11.8. The van der Waals surface area contributed by atoms with Crippen LogP contribution in [0.25, 0.3) is 0 Å². The molecule has 2 unspecified atom stereocenters. The molecule has 0 spiro atoms. The lowest BCUT2D eigenvalue weighted by atomic mass is 10.1. The summed E-state index contributed by atoms with van der Waals surface area (Å²) in [4.78, 5) is 27.0. The minimum atomic E-state index is -0.801. The number of benzene rings is 1. The second-order valence-corrected chi connectivity index (χ2v) is 7.18. The van der Waals surface area contributed by atoms with Crippen molar-refractivity contribution in [3.05, 3.63) is 59.4 Å². The number of halogens is 1. The number of rotatable bonds is 7. The summed E-state index contributed by atoms with van der Waals surface area (Å²) in [7, 11) is 0. The van der Waals surface area contributed by atoms with E-state index in [2.05, 4.69) is 17.2 Å². The van der Waals surface area contributed by atoms with E-state index in [0.29, 0.717) is 17.9 Å². The lowest BCUT2D eigenvalue weighted by Crippen LogP contribution is -2.25. The number of hydrogen-bond acceptors (Lipinski definition) is 6. The number of nitrogens with one attached hydrogen (secondary N) is 1. The maximum absolute atomic E-state index is 11.6. The molecule has 2 aromatic rings. The van der Waals surface area contributed by atoms with Crippen LogP contribution in [0.15, 0.2) is 42.6 Å². The Hall–Kier alpha value is -2.09. The second-order valence-electron chi connectivity index (χ2n) is 6.00. The molecule has 1 fully saturated rings. The molecule has 3 rings (SSSR count). The van der Waals surface area contributed by atoms with Gasteiger partial charge < -0.3 is 9.84 Å². The number of thioether (sulfide) groups is 1. The number of aryl methyl sites for hydroxylation is 1. The molecular formula is C19H21ClN2O4S. The number of imide groups is 1. The fourth-order valence-corrected chi connectivity index (χ4v) is 3.43. The van der Waals surface area contributed by atoms with E-state index in [1.807, 2.05) is 24.3 Å². The van der Waals surface area contributed by atoms with Gasteiger partial charge in [0, 0.05) is 6.20 Å². The smallest absolute Gasteiger partial charge is 0.286 e. The van der Waals surface area contributed by atoms with E-state index in [9.17, 15) is 14.7 Å². The summed E-state index contributed by atoms with van der Waals surface area (Å²) in [6, 6.07) is 11.0. The molecule has 0 bridgehead atoms. The van der Waals surface area contributed by atoms with E-state index >= 15 is 0 Å². The van der Waals surface area contributed by atoms with Crippen LogP contribution in [0.5, 0.6) is 5.75 Å². The highest BCUT2D eigenvalue weighted by atomic mass is 35.5. The Kier molecular flexibility index (Phi) is 7.65. The number of ether oxygens (including phenoxy) is 1.